The van der Waals surface area contributed by atoms with Crippen LogP contribution >= 0.6 is 0 Å². The smallest absolute Gasteiger partial charge is 0.322 e. The SMILES string of the molecule is Cc1nc(C(=O)NN2C(=O)NC(C)(CCc3ccccc3)C2=O)nn1-c1ccc(F)cc1. The molecule has 1 atom stereocenters. The van der Waals surface area contributed by atoms with Crippen LogP contribution in [0.1, 0.15) is 35.4 Å². The maximum absolute atomic E-state index is 13.2. The lowest BCUT2D eigenvalue weighted by atomic mass is 9.93. The first-order chi connectivity index (χ1) is 15.3. The molecule has 0 bridgehead atoms. The van der Waals surface area contributed by atoms with Crippen molar-refractivity contribution in [1.82, 2.24) is 30.5 Å². The third kappa shape index (κ3) is 4.07. The largest absolute Gasteiger partial charge is 0.344 e. The molecule has 4 amide bonds. The lowest BCUT2D eigenvalue weighted by Crippen LogP contribution is -2.49. The molecule has 2 heterocycles. The Balaban J connectivity index is 1.46. The topological polar surface area (TPSA) is 109 Å². The molecule has 0 aliphatic carbocycles. The van der Waals surface area contributed by atoms with Crippen LogP contribution in [0.25, 0.3) is 5.69 Å². The highest BCUT2D eigenvalue weighted by atomic mass is 19.1. The first kappa shape index (κ1) is 21.2. The van der Waals surface area contributed by atoms with Crippen molar-refractivity contribution in [3.05, 3.63) is 77.6 Å². The molecule has 0 saturated carbocycles. The van der Waals surface area contributed by atoms with E-state index in [-0.39, 0.29) is 5.82 Å². The van der Waals surface area contributed by atoms with E-state index in [0.29, 0.717) is 29.4 Å². The molecule has 1 fully saturated rings. The molecule has 1 saturated heterocycles. The Morgan fingerprint density at radius 2 is 1.81 bits per heavy atom. The number of carbonyl (C=O) groups is 3. The number of hydrazine groups is 1. The monoisotopic (exact) mass is 436 g/mol. The van der Waals surface area contributed by atoms with Gasteiger partial charge in [-0.1, -0.05) is 30.3 Å². The predicted molar refractivity (Wildman–Crippen MR) is 112 cm³/mol. The minimum absolute atomic E-state index is 0.231. The number of halogens is 1. The maximum atomic E-state index is 13.2. The summed E-state index contributed by atoms with van der Waals surface area (Å²) in [7, 11) is 0. The van der Waals surface area contributed by atoms with E-state index < -0.39 is 29.2 Å². The van der Waals surface area contributed by atoms with Gasteiger partial charge in [0.15, 0.2) is 0 Å². The number of imide groups is 1. The molecule has 1 aromatic heterocycles. The molecule has 3 aromatic rings. The minimum Gasteiger partial charge on any atom is -0.322 e. The zero-order valence-electron chi connectivity index (χ0n) is 17.5. The van der Waals surface area contributed by atoms with Crippen molar-refractivity contribution < 1.29 is 18.8 Å². The molecule has 164 valence electrons. The molecule has 32 heavy (non-hydrogen) atoms. The van der Waals surface area contributed by atoms with E-state index in [1.807, 2.05) is 30.3 Å². The molecule has 1 unspecified atom stereocenters. The predicted octanol–water partition coefficient (Wildman–Crippen LogP) is 2.30. The number of carbonyl (C=O) groups excluding carboxylic acids is 3. The van der Waals surface area contributed by atoms with Gasteiger partial charge in [0.05, 0.1) is 5.69 Å². The number of rotatable bonds is 6. The summed E-state index contributed by atoms with van der Waals surface area (Å²) in [5.41, 5.74) is 2.67. The number of amides is 4. The average Bonchev–Trinajstić information content (AvgIpc) is 3.27. The number of nitrogens with zero attached hydrogens (tertiary/aromatic N) is 4. The average molecular weight is 436 g/mol. The van der Waals surface area contributed by atoms with Crippen molar-refractivity contribution in [2.45, 2.75) is 32.2 Å². The molecule has 9 nitrogen and oxygen atoms in total. The summed E-state index contributed by atoms with van der Waals surface area (Å²) < 4.78 is 14.5. The van der Waals surface area contributed by atoms with E-state index in [2.05, 4.69) is 20.8 Å². The molecular formula is C22H21FN6O3. The van der Waals surface area contributed by atoms with Crippen LogP contribution in [0.3, 0.4) is 0 Å². The van der Waals surface area contributed by atoms with Gasteiger partial charge < -0.3 is 5.32 Å². The summed E-state index contributed by atoms with van der Waals surface area (Å²) in [6.07, 6.45) is 0.943. The lowest BCUT2D eigenvalue weighted by Gasteiger charge is -2.21. The van der Waals surface area contributed by atoms with Crippen molar-refractivity contribution in [2.24, 2.45) is 0 Å². The molecule has 1 aliphatic heterocycles. The second kappa shape index (κ2) is 8.22. The first-order valence-electron chi connectivity index (χ1n) is 9.98. The van der Waals surface area contributed by atoms with Crippen molar-refractivity contribution in [2.75, 3.05) is 0 Å². The molecular weight excluding hydrogens is 415 g/mol. The van der Waals surface area contributed by atoms with Gasteiger partial charge in [0.2, 0.25) is 5.82 Å². The lowest BCUT2D eigenvalue weighted by molar-refractivity contribution is -0.132. The molecule has 2 aromatic carbocycles. The molecule has 4 rings (SSSR count). The zero-order valence-corrected chi connectivity index (χ0v) is 17.5. The molecule has 10 heteroatoms. The highest BCUT2D eigenvalue weighted by molar-refractivity contribution is 6.08. The second-order valence-corrected chi connectivity index (χ2v) is 7.70. The van der Waals surface area contributed by atoms with Crippen LogP contribution in [0.4, 0.5) is 9.18 Å². The standard InChI is InChI=1S/C22H21FN6O3/c1-14-24-18(26-28(14)17-10-8-16(23)9-11-17)19(30)27-29-20(31)22(2,25-21(29)32)13-12-15-6-4-3-5-7-15/h3-11H,12-13H2,1-2H3,(H,25,32)(H,27,30). The zero-order chi connectivity index (χ0) is 22.9. The third-order valence-electron chi connectivity index (χ3n) is 5.27. The first-order valence-corrected chi connectivity index (χ1v) is 9.98. The van der Waals surface area contributed by atoms with Crippen molar-refractivity contribution >= 4 is 17.8 Å². The maximum Gasteiger partial charge on any atom is 0.344 e. The van der Waals surface area contributed by atoms with Crippen LogP contribution < -0.4 is 10.7 Å². The fourth-order valence-electron chi connectivity index (χ4n) is 3.46. The summed E-state index contributed by atoms with van der Waals surface area (Å²) in [6, 6.07) is 14.4. The van der Waals surface area contributed by atoms with Crippen molar-refractivity contribution in [3.8, 4) is 5.69 Å². The Morgan fingerprint density at radius 3 is 2.50 bits per heavy atom. The van der Waals surface area contributed by atoms with Crippen LogP contribution in [0.15, 0.2) is 54.6 Å². The van der Waals surface area contributed by atoms with Gasteiger partial charge in [-0.3, -0.25) is 9.59 Å². The van der Waals surface area contributed by atoms with Crippen LogP contribution in [-0.2, 0) is 11.2 Å². The van der Waals surface area contributed by atoms with Gasteiger partial charge in [-0.2, -0.15) is 5.01 Å². The van der Waals surface area contributed by atoms with Gasteiger partial charge in [-0.15, -0.1) is 5.10 Å². The Labute approximate surface area is 183 Å². The molecule has 0 radical (unpaired) electrons. The fourth-order valence-corrected chi connectivity index (χ4v) is 3.46. The van der Waals surface area contributed by atoms with Gasteiger partial charge in [0, 0.05) is 0 Å². The summed E-state index contributed by atoms with van der Waals surface area (Å²) in [4.78, 5) is 42.0. The summed E-state index contributed by atoms with van der Waals surface area (Å²) in [5.74, 6) is -1.64. The number of aromatic nitrogens is 3. The van der Waals surface area contributed by atoms with E-state index in [9.17, 15) is 18.8 Å². The Morgan fingerprint density at radius 1 is 1.12 bits per heavy atom. The van der Waals surface area contributed by atoms with Crippen LogP contribution in [-0.4, -0.2) is 43.2 Å². The number of urea groups is 1. The Kier molecular flexibility index (Phi) is 5.43. The van der Waals surface area contributed by atoms with E-state index in [4.69, 9.17) is 0 Å². The van der Waals surface area contributed by atoms with Crippen molar-refractivity contribution in [1.29, 1.82) is 0 Å². The van der Waals surface area contributed by atoms with Gasteiger partial charge >= 0.3 is 11.9 Å². The van der Waals surface area contributed by atoms with Gasteiger partial charge in [-0.05, 0) is 56.5 Å². The quantitative estimate of drug-likeness (QED) is 0.577. The number of nitrogens with one attached hydrogen (secondary N) is 2. The van der Waals surface area contributed by atoms with Gasteiger partial charge in [0.1, 0.15) is 17.2 Å². The number of benzene rings is 2. The number of hydrogen-bond acceptors (Lipinski definition) is 5. The minimum atomic E-state index is -1.16. The van der Waals surface area contributed by atoms with Crippen LogP contribution in [0, 0.1) is 12.7 Å². The van der Waals surface area contributed by atoms with E-state index in [1.54, 1.807) is 13.8 Å². The number of hydrogen-bond donors (Lipinski definition) is 2. The Bertz CT molecular complexity index is 1180. The summed E-state index contributed by atoms with van der Waals surface area (Å²) in [5, 5.41) is 7.42. The van der Waals surface area contributed by atoms with Gasteiger partial charge in [-0.25, -0.2) is 24.3 Å². The van der Waals surface area contributed by atoms with Gasteiger partial charge in [0.25, 0.3) is 5.91 Å². The van der Waals surface area contributed by atoms with E-state index >= 15 is 0 Å². The Hall–Kier alpha value is -4.08. The second-order valence-electron chi connectivity index (χ2n) is 7.70. The summed E-state index contributed by atoms with van der Waals surface area (Å²) in [6.45, 7) is 3.25. The molecule has 2 N–H and O–H groups in total. The summed E-state index contributed by atoms with van der Waals surface area (Å²) >= 11 is 0. The van der Waals surface area contributed by atoms with Crippen LogP contribution in [0.2, 0.25) is 0 Å². The molecule has 0 spiro atoms. The highest BCUT2D eigenvalue weighted by Crippen LogP contribution is 2.22. The normalized spacial score (nSPS) is 18.0. The fraction of sp³-hybridized carbons (Fsp3) is 0.227. The van der Waals surface area contributed by atoms with Crippen LogP contribution in [0.5, 0.6) is 0 Å². The van der Waals surface area contributed by atoms with E-state index in [0.717, 1.165) is 5.56 Å². The van der Waals surface area contributed by atoms with E-state index in [1.165, 1.54) is 28.9 Å². The third-order valence-corrected chi connectivity index (χ3v) is 5.27. The highest BCUT2D eigenvalue weighted by Gasteiger charge is 2.48. The number of aryl methyl sites for hydroxylation is 2. The molecule has 1 aliphatic rings. The van der Waals surface area contributed by atoms with Crippen molar-refractivity contribution in [3.63, 3.8) is 0 Å².